The molecule has 1 aliphatic carbocycles. The van der Waals surface area contributed by atoms with Gasteiger partial charge in [-0.2, -0.15) is 0 Å². The normalized spacial score (nSPS) is 25.2. The van der Waals surface area contributed by atoms with Gasteiger partial charge in [-0.25, -0.2) is 4.79 Å². The number of benzene rings is 2. The van der Waals surface area contributed by atoms with Gasteiger partial charge in [0, 0.05) is 12.0 Å². The van der Waals surface area contributed by atoms with E-state index in [-0.39, 0.29) is 46.9 Å². The van der Waals surface area contributed by atoms with E-state index in [1.54, 1.807) is 48.5 Å². The average molecular weight is 431 g/mol. The van der Waals surface area contributed by atoms with Crippen LogP contribution in [0.25, 0.3) is 0 Å². The van der Waals surface area contributed by atoms with Crippen LogP contribution in [0, 0.1) is 5.92 Å². The van der Waals surface area contributed by atoms with Crippen molar-refractivity contribution in [3.05, 3.63) is 71.4 Å². The molecule has 2 aliphatic heterocycles. The summed E-state index contributed by atoms with van der Waals surface area (Å²) < 4.78 is 5.40. The van der Waals surface area contributed by atoms with Crippen molar-refractivity contribution in [2.75, 3.05) is 4.90 Å². The van der Waals surface area contributed by atoms with Crippen LogP contribution in [0.15, 0.2) is 65.9 Å². The molecule has 0 aromatic heterocycles. The van der Waals surface area contributed by atoms with Gasteiger partial charge >= 0.3 is 5.97 Å². The maximum absolute atomic E-state index is 13.8. The average Bonchev–Trinajstić information content (AvgIpc) is 2.92. The standard InChI is InChI=1S/C25H21NO6/c27-18-13-6-2-5-11-16(18)25(31)20(22(28)15-9-3-1-4-10-15)21-23(29)32-19-14-8-7-12-17(19)26(21)24(25)30/h1,3-4,7-10,12,14,16,31H,2,5-6,11,13H2/t16-,25-/m1/s1. The number of aliphatic hydroxyl groups is 1. The number of ketones is 2. The summed E-state index contributed by atoms with van der Waals surface area (Å²) in [6, 6.07) is 14.5. The molecule has 7 nitrogen and oxygen atoms in total. The maximum atomic E-state index is 13.8. The van der Waals surface area contributed by atoms with Crippen LogP contribution in [0.4, 0.5) is 5.69 Å². The van der Waals surface area contributed by atoms with E-state index < -0.39 is 29.2 Å². The highest BCUT2D eigenvalue weighted by atomic mass is 16.5. The molecule has 2 aromatic carbocycles. The molecule has 1 N–H and O–H groups in total. The molecule has 162 valence electrons. The Balaban J connectivity index is 1.77. The third-order valence-electron chi connectivity index (χ3n) is 6.44. The molecule has 0 unspecified atom stereocenters. The van der Waals surface area contributed by atoms with Gasteiger partial charge in [0.15, 0.2) is 17.1 Å². The van der Waals surface area contributed by atoms with Crippen molar-refractivity contribution in [3.8, 4) is 5.75 Å². The molecule has 2 heterocycles. The quantitative estimate of drug-likeness (QED) is 0.347. The molecule has 1 saturated carbocycles. The molecular formula is C25H21NO6. The number of para-hydroxylation sites is 2. The molecule has 1 fully saturated rings. The summed E-state index contributed by atoms with van der Waals surface area (Å²) in [4.78, 5) is 54.5. The lowest BCUT2D eigenvalue weighted by atomic mass is 9.74. The highest BCUT2D eigenvalue weighted by Gasteiger charge is 2.63. The summed E-state index contributed by atoms with van der Waals surface area (Å²) in [5.41, 5.74) is -2.69. The number of ether oxygens (including phenoxy) is 1. The molecular weight excluding hydrogens is 410 g/mol. The van der Waals surface area contributed by atoms with Crippen LogP contribution in [0.3, 0.4) is 0 Å². The summed E-state index contributed by atoms with van der Waals surface area (Å²) in [5, 5.41) is 11.9. The van der Waals surface area contributed by atoms with Crippen LogP contribution >= 0.6 is 0 Å². The van der Waals surface area contributed by atoms with Gasteiger partial charge in [0.1, 0.15) is 11.5 Å². The zero-order chi connectivity index (χ0) is 22.5. The largest absolute Gasteiger partial charge is 0.420 e. The molecule has 0 radical (unpaired) electrons. The number of Topliss-reactive ketones (excluding diaryl/α,β-unsaturated/α-hetero) is 2. The number of hydrogen-bond donors (Lipinski definition) is 1. The summed E-state index contributed by atoms with van der Waals surface area (Å²) in [6.07, 6.45) is 2.55. The molecule has 5 rings (SSSR count). The number of amides is 1. The molecule has 0 saturated heterocycles. The predicted octanol–water partition coefficient (Wildman–Crippen LogP) is 2.97. The fourth-order valence-electron chi connectivity index (χ4n) is 4.91. The molecule has 2 atom stereocenters. The predicted molar refractivity (Wildman–Crippen MR) is 114 cm³/mol. The van der Waals surface area contributed by atoms with E-state index in [1.807, 2.05) is 0 Å². The van der Waals surface area contributed by atoms with Gasteiger partial charge in [0.05, 0.1) is 17.2 Å². The highest BCUT2D eigenvalue weighted by molar-refractivity contribution is 6.29. The van der Waals surface area contributed by atoms with E-state index in [4.69, 9.17) is 4.74 Å². The number of rotatable bonds is 3. The number of nitrogens with zero attached hydrogens (tertiary/aromatic N) is 1. The van der Waals surface area contributed by atoms with Gasteiger partial charge in [0.2, 0.25) is 0 Å². The second-order valence-electron chi connectivity index (χ2n) is 8.30. The van der Waals surface area contributed by atoms with E-state index in [9.17, 15) is 24.3 Å². The molecule has 0 bridgehead atoms. The topological polar surface area (TPSA) is 101 Å². The van der Waals surface area contributed by atoms with Crippen molar-refractivity contribution >= 4 is 29.1 Å². The lowest BCUT2D eigenvalue weighted by Gasteiger charge is -2.32. The summed E-state index contributed by atoms with van der Waals surface area (Å²) in [7, 11) is 0. The van der Waals surface area contributed by atoms with Gasteiger partial charge in [0.25, 0.3) is 5.91 Å². The number of carbonyl (C=O) groups is 4. The Hall–Kier alpha value is -3.58. The van der Waals surface area contributed by atoms with Crippen LogP contribution in [0.2, 0.25) is 0 Å². The number of hydrogen-bond acceptors (Lipinski definition) is 6. The molecule has 0 spiro atoms. The van der Waals surface area contributed by atoms with Crippen LogP contribution in [0.1, 0.15) is 42.5 Å². The molecule has 2 aromatic rings. The maximum Gasteiger partial charge on any atom is 0.361 e. The van der Waals surface area contributed by atoms with Gasteiger partial charge in [-0.3, -0.25) is 19.3 Å². The second-order valence-corrected chi connectivity index (χ2v) is 8.30. The van der Waals surface area contributed by atoms with Crippen molar-refractivity contribution in [1.29, 1.82) is 0 Å². The smallest absolute Gasteiger partial charge is 0.361 e. The number of esters is 1. The fourth-order valence-corrected chi connectivity index (χ4v) is 4.91. The SMILES string of the molecule is O=C1Oc2ccccc2N2C(=O)[C@@](O)([C@@H]3CCCCCC3=O)C(C(=O)c3ccccc3)=C12. The lowest BCUT2D eigenvalue weighted by molar-refractivity contribution is -0.144. The Labute approximate surface area is 184 Å². The molecule has 3 aliphatic rings. The zero-order valence-electron chi connectivity index (χ0n) is 17.2. The minimum absolute atomic E-state index is 0.151. The first-order valence-corrected chi connectivity index (χ1v) is 10.7. The van der Waals surface area contributed by atoms with Crippen molar-refractivity contribution in [1.82, 2.24) is 0 Å². The van der Waals surface area contributed by atoms with Gasteiger partial charge < -0.3 is 9.84 Å². The van der Waals surface area contributed by atoms with Gasteiger partial charge in [-0.05, 0) is 25.0 Å². The third kappa shape index (κ3) is 2.85. The first kappa shape index (κ1) is 20.3. The number of anilines is 1. The first-order chi connectivity index (χ1) is 15.4. The van der Waals surface area contributed by atoms with Crippen molar-refractivity contribution in [2.45, 2.75) is 37.7 Å². The van der Waals surface area contributed by atoms with E-state index >= 15 is 0 Å². The first-order valence-electron chi connectivity index (χ1n) is 10.7. The van der Waals surface area contributed by atoms with Crippen LogP contribution in [-0.2, 0) is 14.4 Å². The number of carbonyl (C=O) groups excluding carboxylic acids is 4. The Morgan fingerprint density at radius 3 is 2.47 bits per heavy atom. The van der Waals surface area contributed by atoms with Crippen molar-refractivity contribution in [2.24, 2.45) is 5.92 Å². The van der Waals surface area contributed by atoms with Gasteiger partial charge in [-0.1, -0.05) is 55.3 Å². The Kier molecular flexibility index (Phi) is 4.78. The minimum atomic E-state index is -2.44. The van der Waals surface area contributed by atoms with Crippen LogP contribution < -0.4 is 9.64 Å². The van der Waals surface area contributed by atoms with Crippen molar-refractivity contribution < 1.29 is 29.0 Å². The van der Waals surface area contributed by atoms with Crippen molar-refractivity contribution in [3.63, 3.8) is 0 Å². The Bertz CT molecular complexity index is 1180. The summed E-state index contributed by atoms with van der Waals surface area (Å²) in [6.45, 7) is 0. The monoisotopic (exact) mass is 431 g/mol. The molecule has 7 heteroatoms. The summed E-state index contributed by atoms with van der Waals surface area (Å²) >= 11 is 0. The zero-order valence-corrected chi connectivity index (χ0v) is 17.2. The molecule has 1 amide bonds. The van der Waals surface area contributed by atoms with E-state index in [0.29, 0.717) is 12.8 Å². The fraction of sp³-hybridized carbons (Fsp3) is 0.280. The van der Waals surface area contributed by atoms with Crippen LogP contribution in [0.5, 0.6) is 5.75 Å². The van der Waals surface area contributed by atoms with Gasteiger partial charge in [-0.15, -0.1) is 0 Å². The Morgan fingerprint density at radius 1 is 0.969 bits per heavy atom. The highest BCUT2D eigenvalue weighted by Crippen LogP contribution is 2.49. The third-order valence-corrected chi connectivity index (χ3v) is 6.44. The number of fused-ring (bicyclic) bond motifs is 3. The summed E-state index contributed by atoms with van der Waals surface area (Å²) in [5.74, 6) is -3.69. The van der Waals surface area contributed by atoms with E-state index in [2.05, 4.69) is 0 Å². The van der Waals surface area contributed by atoms with E-state index in [0.717, 1.165) is 11.3 Å². The second kappa shape index (κ2) is 7.53. The lowest BCUT2D eigenvalue weighted by Crippen LogP contribution is -2.53. The van der Waals surface area contributed by atoms with E-state index in [1.165, 1.54) is 6.07 Å². The molecule has 32 heavy (non-hydrogen) atoms. The van der Waals surface area contributed by atoms with Crippen LogP contribution in [-0.4, -0.2) is 34.2 Å². The Morgan fingerprint density at radius 2 is 1.69 bits per heavy atom. The minimum Gasteiger partial charge on any atom is -0.420 e.